The van der Waals surface area contributed by atoms with E-state index in [1.54, 1.807) is 6.07 Å². The monoisotopic (exact) mass is 312 g/mol. The molecule has 0 amide bonds. The predicted molar refractivity (Wildman–Crippen MR) is 66.3 cm³/mol. The lowest BCUT2D eigenvalue weighted by molar-refractivity contribution is -0.139. The second kappa shape index (κ2) is 5.44. The van der Waals surface area contributed by atoms with Gasteiger partial charge in [0.05, 0.1) is 11.3 Å². The van der Waals surface area contributed by atoms with Gasteiger partial charge in [-0.25, -0.2) is 8.42 Å². The maximum Gasteiger partial charge on any atom is 0.306 e. The summed E-state index contributed by atoms with van der Waals surface area (Å²) in [4.78, 5) is 10.3. The first-order chi connectivity index (χ1) is 8.19. The third-order valence-corrected chi connectivity index (χ3v) is 5.77. The van der Waals surface area contributed by atoms with Gasteiger partial charge >= 0.3 is 5.97 Å². The molecule has 0 saturated heterocycles. The molecule has 0 aromatic heterocycles. The van der Waals surface area contributed by atoms with Gasteiger partial charge < -0.3 is 10.2 Å². The van der Waals surface area contributed by atoms with Gasteiger partial charge in [0, 0.05) is 0 Å². The number of carbonyl (C=O) groups is 1. The van der Waals surface area contributed by atoms with Crippen LogP contribution in [0.4, 0.5) is 0 Å². The molecule has 1 atom stereocenters. The van der Waals surface area contributed by atoms with Gasteiger partial charge in [0.1, 0.15) is 6.10 Å². The van der Waals surface area contributed by atoms with Gasteiger partial charge in [-0.1, -0.05) is 41.4 Å². The van der Waals surface area contributed by atoms with Crippen LogP contribution in [0.25, 0.3) is 0 Å². The highest BCUT2D eigenvalue weighted by Gasteiger charge is 2.48. The molecule has 18 heavy (non-hydrogen) atoms. The Bertz CT molecular complexity index is 526. The molecule has 0 bridgehead atoms. The summed E-state index contributed by atoms with van der Waals surface area (Å²) in [6.07, 6.45) is -2.82. The minimum Gasteiger partial charge on any atom is -0.481 e. The zero-order chi connectivity index (χ0) is 14.0. The Kier molecular flexibility index (Phi) is 4.61. The maximum absolute atomic E-state index is 12.1. The number of hydrogen-bond acceptors (Lipinski definition) is 4. The van der Waals surface area contributed by atoms with Crippen molar-refractivity contribution in [3.05, 3.63) is 30.3 Å². The molecule has 0 heterocycles. The number of aliphatic carboxylic acids is 1. The van der Waals surface area contributed by atoms with E-state index in [9.17, 15) is 18.3 Å². The lowest BCUT2D eigenvalue weighted by Gasteiger charge is -2.24. The number of hydrogen-bond donors (Lipinski definition) is 2. The molecule has 1 aromatic carbocycles. The van der Waals surface area contributed by atoms with Crippen LogP contribution in [0.15, 0.2) is 35.2 Å². The Morgan fingerprint density at radius 2 is 1.78 bits per heavy atom. The van der Waals surface area contributed by atoms with Crippen molar-refractivity contribution >= 4 is 39.0 Å². The first kappa shape index (κ1) is 15.2. The molecule has 1 rings (SSSR count). The molecular weight excluding hydrogens is 303 g/mol. The highest BCUT2D eigenvalue weighted by Crippen LogP contribution is 2.38. The van der Waals surface area contributed by atoms with Crippen LogP contribution >= 0.6 is 23.2 Å². The van der Waals surface area contributed by atoms with Crippen molar-refractivity contribution < 1.29 is 23.4 Å². The minimum absolute atomic E-state index is 0.195. The van der Waals surface area contributed by atoms with Crippen LogP contribution < -0.4 is 0 Å². The summed E-state index contributed by atoms with van der Waals surface area (Å²) in [5, 5.41) is 18.0. The zero-order valence-electron chi connectivity index (χ0n) is 8.95. The van der Waals surface area contributed by atoms with Crippen molar-refractivity contribution in [1.82, 2.24) is 0 Å². The minimum atomic E-state index is -4.27. The Labute approximate surface area is 114 Å². The fraction of sp³-hybridized carbons (Fsp3) is 0.300. The lowest BCUT2D eigenvalue weighted by Crippen LogP contribution is -2.40. The van der Waals surface area contributed by atoms with E-state index in [0.29, 0.717) is 0 Å². The van der Waals surface area contributed by atoms with Crippen LogP contribution in [0, 0.1) is 0 Å². The SMILES string of the molecule is O=C(O)CC(O)C(Cl)(Cl)S(=O)(=O)c1ccccc1. The number of aliphatic hydroxyl groups is 1. The van der Waals surface area contributed by atoms with Crippen LogP contribution in [0.2, 0.25) is 0 Å². The molecule has 0 spiro atoms. The molecule has 5 nitrogen and oxygen atoms in total. The summed E-state index contributed by atoms with van der Waals surface area (Å²) in [6, 6.07) is 7.02. The molecule has 0 saturated carbocycles. The summed E-state index contributed by atoms with van der Waals surface area (Å²) in [5.41, 5.74) is 0. The van der Waals surface area contributed by atoms with Crippen molar-refractivity contribution in [3.8, 4) is 0 Å². The highest BCUT2D eigenvalue weighted by atomic mass is 35.5. The Morgan fingerprint density at radius 1 is 1.28 bits per heavy atom. The zero-order valence-corrected chi connectivity index (χ0v) is 11.3. The number of sulfone groups is 1. The van der Waals surface area contributed by atoms with Crippen LogP contribution in [-0.4, -0.2) is 34.4 Å². The third-order valence-electron chi connectivity index (χ3n) is 2.17. The van der Waals surface area contributed by atoms with Gasteiger partial charge in [-0.3, -0.25) is 4.79 Å². The number of rotatable bonds is 5. The number of aliphatic hydroxyl groups excluding tert-OH is 1. The number of halogens is 2. The van der Waals surface area contributed by atoms with Crippen molar-refractivity contribution in [1.29, 1.82) is 0 Å². The molecule has 0 radical (unpaired) electrons. The predicted octanol–water partition coefficient (Wildman–Crippen LogP) is 1.43. The Balaban J connectivity index is 3.15. The van der Waals surface area contributed by atoms with Crippen molar-refractivity contribution in [2.75, 3.05) is 0 Å². The van der Waals surface area contributed by atoms with Crippen molar-refractivity contribution in [2.24, 2.45) is 0 Å². The van der Waals surface area contributed by atoms with Crippen molar-refractivity contribution in [2.45, 2.75) is 21.1 Å². The molecule has 8 heteroatoms. The molecule has 0 fully saturated rings. The number of alkyl halides is 2. The van der Waals surface area contributed by atoms with E-state index in [-0.39, 0.29) is 4.90 Å². The van der Waals surface area contributed by atoms with Crippen LogP contribution in [0.3, 0.4) is 0 Å². The van der Waals surface area contributed by atoms with E-state index in [0.717, 1.165) is 0 Å². The van der Waals surface area contributed by atoms with Gasteiger partial charge in [0.2, 0.25) is 13.5 Å². The number of carboxylic acids is 1. The summed E-state index contributed by atoms with van der Waals surface area (Å²) >= 11 is 11.2. The number of carboxylic acid groups (broad SMARTS) is 1. The number of benzene rings is 1. The highest BCUT2D eigenvalue weighted by molar-refractivity contribution is 7.95. The van der Waals surface area contributed by atoms with E-state index in [4.69, 9.17) is 28.3 Å². The molecule has 100 valence electrons. The van der Waals surface area contributed by atoms with Crippen LogP contribution in [-0.2, 0) is 14.6 Å². The van der Waals surface area contributed by atoms with Crippen molar-refractivity contribution in [3.63, 3.8) is 0 Å². The van der Waals surface area contributed by atoms with Gasteiger partial charge in [-0.15, -0.1) is 0 Å². The molecule has 0 aliphatic carbocycles. The van der Waals surface area contributed by atoms with E-state index in [1.807, 2.05) is 0 Å². The Hall–Kier alpha value is -0.820. The summed E-state index contributed by atoms with van der Waals surface area (Å²) in [7, 11) is -4.27. The summed E-state index contributed by atoms with van der Waals surface area (Å²) < 4.78 is 21.5. The molecule has 0 aliphatic heterocycles. The quantitative estimate of drug-likeness (QED) is 0.802. The molecular formula is C10H10Cl2O5S. The summed E-state index contributed by atoms with van der Waals surface area (Å²) in [5.74, 6) is -1.41. The standard InChI is InChI=1S/C10H10Cl2O5S/c11-10(12,8(13)6-9(14)15)18(16,17)7-4-2-1-3-5-7/h1-5,8,13H,6H2,(H,14,15). The Morgan fingerprint density at radius 3 is 2.22 bits per heavy atom. The van der Waals surface area contributed by atoms with Gasteiger partial charge in [0.15, 0.2) is 0 Å². The first-order valence-electron chi connectivity index (χ1n) is 4.77. The molecule has 1 unspecified atom stereocenters. The fourth-order valence-corrected chi connectivity index (χ4v) is 3.18. The largest absolute Gasteiger partial charge is 0.481 e. The van der Waals surface area contributed by atoms with Crippen LogP contribution in [0.1, 0.15) is 6.42 Å². The topological polar surface area (TPSA) is 91.7 Å². The second-order valence-corrected chi connectivity index (χ2v) is 7.45. The van der Waals surface area contributed by atoms with E-state index in [1.165, 1.54) is 24.3 Å². The average molecular weight is 313 g/mol. The van der Waals surface area contributed by atoms with Gasteiger partial charge in [0.25, 0.3) is 0 Å². The third kappa shape index (κ3) is 2.95. The molecule has 2 N–H and O–H groups in total. The average Bonchev–Trinajstić information content (AvgIpc) is 2.29. The van der Waals surface area contributed by atoms with Crippen LogP contribution in [0.5, 0.6) is 0 Å². The second-order valence-electron chi connectivity index (χ2n) is 3.49. The van der Waals surface area contributed by atoms with Gasteiger partial charge in [-0.05, 0) is 12.1 Å². The van der Waals surface area contributed by atoms with Gasteiger partial charge in [-0.2, -0.15) is 0 Å². The maximum atomic E-state index is 12.1. The fourth-order valence-electron chi connectivity index (χ4n) is 1.22. The molecule has 0 aliphatic rings. The summed E-state index contributed by atoms with van der Waals surface area (Å²) in [6.45, 7) is 0. The van der Waals surface area contributed by atoms with E-state index in [2.05, 4.69) is 0 Å². The smallest absolute Gasteiger partial charge is 0.306 e. The molecule has 1 aromatic rings. The van der Waals surface area contributed by atoms with E-state index < -0.39 is 32.0 Å². The van der Waals surface area contributed by atoms with E-state index >= 15 is 0 Å². The lowest BCUT2D eigenvalue weighted by atomic mass is 10.3. The normalized spacial score (nSPS) is 14.2. The first-order valence-corrected chi connectivity index (χ1v) is 7.01.